The molecule has 2 heteroatoms. The van der Waals surface area contributed by atoms with Crippen molar-refractivity contribution in [2.24, 2.45) is 0 Å². The van der Waals surface area contributed by atoms with Crippen molar-refractivity contribution in [3.05, 3.63) is 193 Å². The predicted molar refractivity (Wildman–Crippen MR) is 211 cm³/mol. The molecule has 0 spiro atoms. The zero-order valence-electron chi connectivity index (χ0n) is 55.0. The second kappa shape index (κ2) is 11.5. The van der Waals surface area contributed by atoms with Crippen LogP contribution in [-0.4, -0.2) is 9.13 Å². The van der Waals surface area contributed by atoms with Crippen LogP contribution in [0.25, 0.3) is 88.4 Å². The Labute approximate surface area is 332 Å². The van der Waals surface area contributed by atoms with E-state index < -0.39 is 253 Å². The first-order valence-corrected chi connectivity index (χ1v) is 14.7. The van der Waals surface area contributed by atoms with Gasteiger partial charge in [-0.1, -0.05) is 133 Å². The van der Waals surface area contributed by atoms with Gasteiger partial charge in [0.25, 0.3) is 0 Å². The minimum atomic E-state index is -1.00. The average Bonchev–Trinajstić information content (AvgIpc) is 4.18. The smallest absolute Gasteiger partial charge is 0.0645 e. The van der Waals surface area contributed by atoms with Crippen molar-refractivity contribution in [2.45, 2.75) is 0 Å². The van der Waals surface area contributed by atoms with Crippen LogP contribution in [0.5, 0.6) is 0 Å². The molecule has 8 aromatic carbocycles. The Morgan fingerprint density at radius 2 is 0.720 bits per heavy atom. The Kier molecular flexibility index (Phi) is 2.64. The number of para-hydroxylation sites is 2. The SMILES string of the molecule is [2H]c1c([2H])c([2H])c(-c2c([2H])c([2H])c(-n3c4c([2H])cc(-c5c([2H])c([2H])c6c(c5[2H])c5c([2H])c([2H])c([2H])c([2H])c5n6-c5c([2H])c([2H])c(-c6c([2H])c([2H])c([2H])c([2H])c6[2H])c([2H])c5[2H])cc4c4c([2H])c([2H])c([2H])c([2H])c43)c([2H])c2[2H])c([2H])c1[2H]. The molecule has 0 aliphatic rings. The quantitative estimate of drug-likeness (QED) is 0.173. The summed E-state index contributed by atoms with van der Waals surface area (Å²) in [5.41, 5.74) is -7.28. The summed E-state index contributed by atoms with van der Waals surface area (Å²) in [5, 5.41) is -1.71. The summed E-state index contributed by atoms with van der Waals surface area (Å²) in [7, 11) is 0. The van der Waals surface area contributed by atoms with E-state index in [2.05, 4.69) is 0 Å². The number of aromatic nitrogens is 2. The Morgan fingerprint density at radius 1 is 0.300 bits per heavy atom. The van der Waals surface area contributed by atoms with Crippen molar-refractivity contribution >= 4 is 43.6 Å². The second-order valence-corrected chi connectivity index (χ2v) is 10.7. The first kappa shape index (κ1) is 11.5. The van der Waals surface area contributed by atoms with Crippen LogP contribution in [0, 0.1) is 0 Å². The topological polar surface area (TPSA) is 9.86 Å². The standard InChI is InChI=1S/C48H32N2/c1-3-11-33(12-4-1)35-19-25-39(26-20-35)49-45-17-9-7-15-41(45)43-31-37(23-29-47(43)49)38-24-30-48-44(32-38)42-16-8-10-18-46(42)50(48)40-27-21-36(22-28-40)34-13-5-2-6-14-34/h1-32H/i1D,2D,3D,4D,5D,6D,7D,8D,9D,10D,11D,12D,13D,14D,15D,16D,17D,18D,19D,20D,21D,22D,23D,25D,26D,27D,28D,29D,30D,31D. The summed E-state index contributed by atoms with van der Waals surface area (Å²) in [6, 6.07) is -24.0. The van der Waals surface area contributed by atoms with Gasteiger partial charge in [0.1, 0.15) is 0 Å². The summed E-state index contributed by atoms with van der Waals surface area (Å²) >= 11 is 0. The average molecular weight is 667 g/mol. The first-order valence-electron chi connectivity index (χ1n) is 29.7. The molecule has 0 saturated heterocycles. The highest BCUT2D eigenvalue weighted by molar-refractivity contribution is 6.12. The minimum absolute atomic E-state index is 0.279. The Hall–Kier alpha value is -6.64. The summed E-state index contributed by atoms with van der Waals surface area (Å²) in [4.78, 5) is 0. The number of rotatable bonds is 5. The molecule has 0 radical (unpaired) electrons. The van der Waals surface area contributed by atoms with Gasteiger partial charge in [-0.15, -0.1) is 0 Å². The van der Waals surface area contributed by atoms with Gasteiger partial charge < -0.3 is 9.13 Å². The van der Waals surface area contributed by atoms with Gasteiger partial charge >= 0.3 is 0 Å². The third kappa shape index (κ3) is 4.57. The van der Waals surface area contributed by atoms with Gasteiger partial charge in [0, 0.05) is 32.9 Å². The van der Waals surface area contributed by atoms with Gasteiger partial charge in [0.2, 0.25) is 0 Å². The number of hydrogen-bond acceptors (Lipinski definition) is 0. The van der Waals surface area contributed by atoms with Crippen molar-refractivity contribution < 1.29 is 41.1 Å². The molecule has 0 fully saturated rings. The van der Waals surface area contributed by atoms with E-state index in [1.165, 1.54) is 0 Å². The molecule has 0 amide bonds. The number of nitrogens with zero attached hydrogens (tertiary/aromatic N) is 2. The second-order valence-electron chi connectivity index (χ2n) is 10.7. The molecule has 50 heavy (non-hydrogen) atoms. The van der Waals surface area contributed by atoms with E-state index in [4.69, 9.17) is 30.2 Å². The molecule has 0 aliphatic heterocycles. The van der Waals surface area contributed by atoms with E-state index in [0.717, 1.165) is 21.3 Å². The molecule has 2 nitrogen and oxygen atoms in total. The van der Waals surface area contributed by atoms with Crippen molar-refractivity contribution in [3.63, 3.8) is 0 Å². The maximum atomic E-state index is 9.82. The lowest BCUT2D eigenvalue weighted by Gasteiger charge is -2.11. The van der Waals surface area contributed by atoms with Crippen molar-refractivity contribution in [2.75, 3.05) is 0 Å². The lowest BCUT2D eigenvalue weighted by molar-refractivity contribution is 1.18. The lowest BCUT2D eigenvalue weighted by atomic mass is 10.0. The van der Waals surface area contributed by atoms with Gasteiger partial charge in [-0.2, -0.15) is 0 Å². The zero-order valence-corrected chi connectivity index (χ0v) is 25.0. The summed E-state index contributed by atoms with van der Waals surface area (Å²) in [5.74, 6) is 0. The molecule has 0 bridgehead atoms. The van der Waals surface area contributed by atoms with E-state index in [1.54, 1.807) is 0 Å². The molecular formula is C48H32N2. The van der Waals surface area contributed by atoms with Crippen molar-refractivity contribution in [1.29, 1.82) is 0 Å². The maximum absolute atomic E-state index is 9.82. The Bertz CT molecular complexity index is 4480. The van der Waals surface area contributed by atoms with Gasteiger partial charge in [-0.05, 0) is 93.8 Å². The molecule has 0 saturated carbocycles. The van der Waals surface area contributed by atoms with Crippen LogP contribution in [0.2, 0.25) is 0 Å². The largest absolute Gasteiger partial charge is 0.309 e. The lowest BCUT2D eigenvalue weighted by Crippen LogP contribution is -1.94. The maximum Gasteiger partial charge on any atom is 0.0645 e. The molecular weight excluding hydrogens is 605 g/mol. The Balaban J connectivity index is 1.32. The van der Waals surface area contributed by atoms with E-state index in [0.29, 0.717) is 0 Å². The molecule has 234 valence electrons. The van der Waals surface area contributed by atoms with Crippen LogP contribution in [0.1, 0.15) is 41.1 Å². The Morgan fingerprint density at radius 3 is 1.28 bits per heavy atom. The van der Waals surface area contributed by atoms with Crippen LogP contribution in [0.4, 0.5) is 0 Å². The number of benzene rings is 8. The van der Waals surface area contributed by atoms with Crippen LogP contribution in [0.3, 0.4) is 0 Å². The molecule has 0 aliphatic carbocycles. The predicted octanol–water partition coefficient (Wildman–Crippen LogP) is 12.9. The third-order valence-electron chi connectivity index (χ3n) is 7.92. The van der Waals surface area contributed by atoms with E-state index in [1.807, 2.05) is 0 Å². The van der Waals surface area contributed by atoms with Crippen LogP contribution in [0.15, 0.2) is 193 Å². The van der Waals surface area contributed by atoms with Gasteiger partial charge in [-0.25, -0.2) is 0 Å². The van der Waals surface area contributed by atoms with Crippen molar-refractivity contribution in [3.8, 4) is 44.8 Å². The van der Waals surface area contributed by atoms with Gasteiger partial charge in [0.05, 0.1) is 63.2 Å². The molecule has 0 N–H and O–H groups in total. The highest BCUT2D eigenvalue weighted by atomic mass is 15.0. The monoisotopic (exact) mass is 666 g/mol. The fourth-order valence-corrected chi connectivity index (χ4v) is 5.73. The zero-order chi connectivity index (χ0) is 59.1. The highest BCUT2D eigenvalue weighted by Gasteiger charge is 2.16. The van der Waals surface area contributed by atoms with Crippen molar-refractivity contribution in [1.82, 2.24) is 9.13 Å². The molecule has 10 rings (SSSR count). The van der Waals surface area contributed by atoms with E-state index in [-0.39, 0.29) is 16.3 Å². The summed E-state index contributed by atoms with van der Waals surface area (Å²) in [6.45, 7) is 0. The van der Waals surface area contributed by atoms with Gasteiger partial charge in [0.15, 0.2) is 0 Å². The molecule has 2 aromatic heterocycles. The summed E-state index contributed by atoms with van der Waals surface area (Å²) < 4.78 is 268. The van der Waals surface area contributed by atoms with Gasteiger partial charge in [-0.3, -0.25) is 0 Å². The molecule has 0 unspecified atom stereocenters. The molecule has 2 heterocycles. The van der Waals surface area contributed by atoms with Crippen LogP contribution in [-0.2, 0) is 0 Å². The number of fused-ring (bicyclic) bond motifs is 6. The minimum Gasteiger partial charge on any atom is -0.309 e. The first-order chi connectivity index (χ1) is 37.3. The fraction of sp³-hybridized carbons (Fsp3) is 0. The summed E-state index contributed by atoms with van der Waals surface area (Å²) in [6.07, 6.45) is 0. The van der Waals surface area contributed by atoms with E-state index in [9.17, 15) is 11.0 Å². The molecule has 0 atom stereocenters. The normalized spacial score (nSPS) is 20.0. The highest BCUT2D eigenvalue weighted by Crippen LogP contribution is 2.38. The van der Waals surface area contributed by atoms with Crippen LogP contribution < -0.4 is 0 Å². The van der Waals surface area contributed by atoms with E-state index >= 15 is 0 Å². The van der Waals surface area contributed by atoms with Crippen LogP contribution >= 0.6 is 0 Å². The number of hydrogen-bond donors (Lipinski definition) is 0. The molecule has 10 aromatic rings. The third-order valence-corrected chi connectivity index (χ3v) is 7.92. The fourth-order valence-electron chi connectivity index (χ4n) is 5.73.